The molecule has 0 radical (unpaired) electrons. The molecule has 0 aliphatic rings. The van der Waals surface area contributed by atoms with Gasteiger partial charge in [-0.05, 0) is 48.6 Å². The largest absolute Gasteiger partial charge is 0.490 e. The molecule has 8 nitrogen and oxygen atoms in total. The minimum atomic E-state index is -3.72. The van der Waals surface area contributed by atoms with Crippen LogP contribution in [0.15, 0.2) is 65.8 Å². The first-order valence-electron chi connectivity index (χ1n) is 11.0. The molecule has 0 fully saturated rings. The highest BCUT2D eigenvalue weighted by molar-refractivity contribution is 7.92. The van der Waals surface area contributed by atoms with Gasteiger partial charge in [0.15, 0.2) is 11.5 Å². The lowest BCUT2D eigenvalue weighted by atomic mass is 10.1. The Labute approximate surface area is 200 Å². The summed E-state index contributed by atoms with van der Waals surface area (Å²) in [5.74, 6) is 0.664. The van der Waals surface area contributed by atoms with Crippen LogP contribution >= 0.6 is 0 Å². The van der Waals surface area contributed by atoms with Crippen LogP contribution in [0.2, 0.25) is 0 Å². The molecule has 9 heteroatoms. The van der Waals surface area contributed by atoms with Gasteiger partial charge in [-0.1, -0.05) is 43.3 Å². The van der Waals surface area contributed by atoms with Crippen LogP contribution in [0.1, 0.15) is 25.8 Å². The second-order valence-electron chi connectivity index (χ2n) is 7.55. The molecule has 0 aliphatic heterocycles. The van der Waals surface area contributed by atoms with Crippen molar-refractivity contribution in [2.24, 2.45) is 5.10 Å². The maximum atomic E-state index is 12.6. The molecule has 1 N–H and O–H groups in total. The number of ether oxygens (including phenoxy) is 2. The van der Waals surface area contributed by atoms with Gasteiger partial charge in [-0.3, -0.25) is 9.10 Å². The van der Waals surface area contributed by atoms with E-state index >= 15 is 0 Å². The SMILES string of the molecule is CCCOc1ccc(/C=N\NC(=O)CN(c2cccc3ccccc23)S(C)(=O)=O)cc1OCC. The molecule has 0 saturated heterocycles. The molecule has 0 spiro atoms. The molecule has 1 amide bonds. The van der Waals surface area contributed by atoms with Gasteiger partial charge in [0.1, 0.15) is 6.54 Å². The molecule has 3 rings (SSSR count). The average molecular weight is 484 g/mol. The summed E-state index contributed by atoms with van der Waals surface area (Å²) in [7, 11) is -3.72. The van der Waals surface area contributed by atoms with Crippen molar-refractivity contribution in [1.82, 2.24) is 5.43 Å². The second kappa shape index (κ2) is 11.5. The quantitative estimate of drug-likeness (QED) is 0.329. The number of carbonyl (C=O) groups excluding carboxylic acids is 1. The monoisotopic (exact) mass is 483 g/mol. The highest BCUT2D eigenvalue weighted by atomic mass is 32.2. The van der Waals surface area contributed by atoms with Crippen LogP contribution in [-0.4, -0.2) is 46.6 Å². The first-order chi connectivity index (χ1) is 16.3. The molecule has 0 unspecified atom stereocenters. The number of fused-ring (bicyclic) bond motifs is 1. The minimum absolute atomic E-state index is 0.405. The van der Waals surface area contributed by atoms with Gasteiger partial charge < -0.3 is 9.47 Å². The number of carbonyl (C=O) groups is 1. The summed E-state index contributed by atoms with van der Waals surface area (Å²) in [5.41, 5.74) is 3.53. The minimum Gasteiger partial charge on any atom is -0.490 e. The Bertz CT molecular complexity index is 1270. The summed E-state index contributed by atoms with van der Waals surface area (Å²) in [4.78, 5) is 12.6. The number of sulfonamides is 1. The molecule has 180 valence electrons. The molecule has 3 aromatic carbocycles. The van der Waals surface area contributed by atoms with Crippen LogP contribution in [0, 0.1) is 0 Å². The van der Waals surface area contributed by atoms with Crippen molar-refractivity contribution in [1.29, 1.82) is 0 Å². The zero-order valence-electron chi connectivity index (χ0n) is 19.5. The number of nitrogens with one attached hydrogen (secondary N) is 1. The maximum absolute atomic E-state index is 12.6. The fourth-order valence-electron chi connectivity index (χ4n) is 3.36. The van der Waals surface area contributed by atoms with Crippen molar-refractivity contribution in [3.63, 3.8) is 0 Å². The Kier molecular flexibility index (Phi) is 8.48. The third-order valence-electron chi connectivity index (χ3n) is 4.86. The molecule has 0 bridgehead atoms. The van der Waals surface area contributed by atoms with Gasteiger partial charge in [0.2, 0.25) is 10.0 Å². The first kappa shape index (κ1) is 25.0. The van der Waals surface area contributed by atoms with E-state index in [9.17, 15) is 13.2 Å². The van der Waals surface area contributed by atoms with Crippen molar-refractivity contribution >= 4 is 38.6 Å². The number of amides is 1. The van der Waals surface area contributed by atoms with Crippen molar-refractivity contribution in [3.05, 3.63) is 66.2 Å². The summed E-state index contributed by atoms with van der Waals surface area (Å²) in [6.07, 6.45) is 3.42. The molecule has 0 aromatic heterocycles. The first-order valence-corrected chi connectivity index (χ1v) is 12.8. The number of rotatable bonds is 11. The van der Waals surface area contributed by atoms with E-state index in [1.165, 1.54) is 6.21 Å². The van der Waals surface area contributed by atoms with E-state index in [0.717, 1.165) is 27.8 Å². The van der Waals surface area contributed by atoms with Gasteiger partial charge >= 0.3 is 0 Å². The number of hydrogen-bond donors (Lipinski definition) is 1. The molecule has 0 heterocycles. The van der Waals surface area contributed by atoms with Crippen LogP contribution in [0.25, 0.3) is 10.8 Å². The topological polar surface area (TPSA) is 97.3 Å². The lowest BCUT2D eigenvalue weighted by Gasteiger charge is -2.23. The van der Waals surface area contributed by atoms with Gasteiger partial charge in [0.25, 0.3) is 5.91 Å². The summed E-state index contributed by atoms with van der Waals surface area (Å²) >= 11 is 0. The Morgan fingerprint density at radius 3 is 2.53 bits per heavy atom. The third-order valence-corrected chi connectivity index (χ3v) is 5.98. The molecule has 34 heavy (non-hydrogen) atoms. The van der Waals surface area contributed by atoms with E-state index in [4.69, 9.17) is 9.47 Å². The smallest absolute Gasteiger partial charge is 0.260 e. The van der Waals surface area contributed by atoms with Crippen LogP contribution in [0.5, 0.6) is 11.5 Å². The predicted molar refractivity (Wildman–Crippen MR) is 135 cm³/mol. The highest BCUT2D eigenvalue weighted by Crippen LogP contribution is 2.29. The number of hydrogen-bond acceptors (Lipinski definition) is 6. The van der Waals surface area contributed by atoms with Crippen molar-refractivity contribution < 1.29 is 22.7 Å². The van der Waals surface area contributed by atoms with Crippen molar-refractivity contribution in [2.75, 3.05) is 30.3 Å². The molecule has 3 aromatic rings. The fourth-order valence-corrected chi connectivity index (χ4v) is 4.22. The zero-order valence-corrected chi connectivity index (χ0v) is 20.3. The molecule has 0 aliphatic carbocycles. The third kappa shape index (κ3) is 6.48. The van der Waals surface area contributed by atoms with Crippen LogP contribution < -0.4 is 19.2 Å². The zero-order chi connectivity index (χ0) is 24.6. The Balaban J connectivity index is 1.74. The molecule has 0 saturated carbocycles. The van der Waals surface area contributed by atoms with E-state index in [1.807, 2.05) is 44.2 Å². The summed E-state index contributed by atoms with van der Waals surface area (Å²) < 4.78 is 37.4. The molecular weight excluding hydrogens is 454 g/mol. The highest BCUT2D eigenvalue weighted by Gasteiger charge is 2.22. The van der Waals surface area contributed by atoms with E-state index in [1.54, 1.807) is 30.3 Å². The predicted octanol–water partition coefficient (Wildman–Crippen LogP) is 3.94. The van der Waals surface area contributed by atoms with E-state index < -0.39 is 22.5 Å². The average Bonchev–Trinajstić information content (AvgIpc) is 2.81. The van der Waals surface area contributed by atoms with Crippen LogP contribution in [0.4, 0.5) is 5.69 Å². The Hall–Kier alpha value is -3.59. The lowest BCUT2D eigenvalue weighted by molar-refractivity contribution is -0.119. The summed E-state index contributed by atoms with van der Waals surface area (Å²) in [5, 5.41) is 5.60. The molecular formula is C25H29N3O5S. The normalized spacial score (nSPS) is 11.5. The van der Waals surface area contributed by atoms with Crippen LogP contribution in [0.3, 0.4) is 0 Å². The van der Waals surface area contributed by atoms with Crippen molar-refractivity contribution in [2.45, 2.75) is 20.3 Å². The number of anilines is 1. The van der Waals surface area contributed by atoms with E-state index in [0.29, 0.717) is 36.0 Å². The van der Waals surface area contributed by atoms with Gasteiger partial charge in [0.05, 0.1) is 31.4 Å². The van der Waals surface area contributed by atoms with Crippen molar-refractivity contribution in [3.8, 4) is 11.5 Å². The maximum Gasteiger partial charge on any atom is 0.260 e. The fraction of sp³-hybridized carbons (Fsp3) is 0.280. The van der Waals surface area contributed by atoms with E-state index in [-0.39, 0.29) is 0 Å². The number of hydrazone groups is 1. The Morgan fingerprint density at radius 1 is 1.03 bits per heavy atom. The standard InChI is InChI=1S/C25H29N3O5S/c1-4-15-33-23-14-13-19(16-24(23)32-5-2)17-26-27-25(29)18-28(34(3,30)31)22-12-8-10-20-9-6-7-11-21(20)22/h6-14,16-17H,4-5,15,18H2,1-3H3,(H,27,29)/b26-17-. The summed E-state index contributed by atoms with van der Waals surface area (Å²) in [6, 6.07) is 18.1. The van der Waals surface area contributed by atoms with Gasteiger partial charge in [0, 0.05) is 5.39 Å². The second-order valence-corrected chi connectivity index (χ2v) is 9.46. The van der Waals surface area contributed by atoms with Gasteiger partial charge in [-0.15, -0.1) is 0 Å². The summed E-state index contributed by atoms with van der Waals surface area (Å²) in [6.45, 7) is 4.56. The lowest BCUT2D eigenvalue weighted by Crippen LogP contribution is -2.39. The number of benzene rings is 3. The van der Waals surface area contributed by atoms with Gasteiger partial charge in [-0.25, -0.2) is 13.8 Å². The molecule has 0 atom stereocenters. The van der Waals surface area contributed by atoms with E-state index in [2.05, 4.69) is 10.5 Å². The Morgan fingerprint density at radius 2 is 1.79 bits per heavy atom. The van der Waals surface area contributed by atoms with Gasteiger partial charge in [-0.2, -0.15) is 5.10 Å². The number of nitrogens with zero attached hydrogens (tertiary/aromatic N) is 2. The van der Waals surface area contributed by atoms with Crippen LogP contribution in [-0.2, 0) is 14.8 Å².